The van der Waals surface area contributed by atoms with Crippen molar-refractivity contribution in [2.75, 3.05) is 20.8 Å². The maximum Gasteiger partial charge on any atom is 0.183 e. The monoisotopic (exact) mass is 263 g/mol. The molecule has 1 atom stereocenters. The van der Waals surface area contributed by atoms with Gasteiger partial charge in [0.05, 0.1) is 25.8 Å². The van der Waals surface area contributed by atoms with Gasteiger partial charge in [0.2, 0.25) is 0 Å². The highest BCUT2D eigenvalue weighted by Gasteiger charge is 2.25. The molecule has 0 amide bonds. The Bertz CT molecular complexity index is 465. The van der Waals surface area contributed by atoms with E-state index in [1.54, 1.807) is 20.3 Å². The average Bonchev–Trinajstić information content (AvgIpc) is 2.47. The van der Waals surface area contributed by atoms with Crippen molar-refractivity contribution in [1.29, 1.82) is 0 Å². The first-order chi connectivity index (χ1) is 9.19. The van der Waals surface area contributed by atoms with Gasteiger partial charge in [-0.15, -0.1) is 0 Å². The number of benzene rings is 1. The van der Waals surface area contributed by atoms with E-state index in [4.69, 9.17) is 9.47 Å². The number of methoxy groups -OCH3 is 2. The highest BCUT2D eigenvalue weighted by molar-refractivity contribution is 6.03. The van der Waals surface area contributed by atoms with E-state index in [1.807, 2.05) is 13.0 Å². The highest BCUT2D eigenvalue weighted by Crippen LogP contribution is 2.32. The van der Waals surface area contributed by atoms with Gasteiger partial charge >= 0.3 is 0 Å². The fourth-order valence-corrected chi connectivity index (χ4v) is 2.62. The quantitative estimate of drug-likeness (QED) is 0.847. The number of Topliss-reactive ketones (excluding diaryl/α,β-unsaturated/α-hetero) is 1. The summed E-state index contributed by atoms with van der Waals surface area (Å²) < 4.78 is 10.7. The first-order valence-electron chi connectivity index (χ1n) is 6.68. The normalized spacial score (nSPS) is 19.0. The summed E-state index contributed by atoms with van der Waals surface area (Å²) in [5.41, 5.74) is 1.51. The van der Waals surface area contributed by atoms with Crippen LogP contribution < -0.4 is 14.8 Å². The zero-order chi connectivity index (χ0) is 13.8. The Morgan fingerprint density at radius 3 is 2.63 bits per heavy atom. The van der Waals surface area contributed by atoms with Crippen molar-refractivity contribution < 1.29 is 14.3 Å². The Morgan fingerprint density at radius 1 is 1.26 bits per heavy atom. The SMILES string of the molecule is COc1ccc(C(=O)C2CCCCN2)c(OC)c1C. The van der Waals surface area contributed by atoms with Crippen LogP contribution in [-0.4, -0.2) is 32.6 Å². The predicted octanol–water partition coefficient (Wildman–Crippen LogP) is 2.34. The van der Waals surface area contributed by atoms with Crippen LogP contribution in [0.4, 0.5) is 0 Å². The first-order valence-corrected chi connectivity index (χ1v) is 6.68. The molecule has 1 aliphatic rings. The van der Waals surface area contributed by atoms with E-state index < -0.39 is 0 Å². The molecule has 1 aromatic rings. The predicted molar refractivity (Wildman–Crippen MR) is 74.3 cm³/mol. The van der Waals surface area contributed by atoms with E-state index >= 15 is 0 Å². The smallest absolute Gasteiger partial charge is 0.183 e. The van der Waals surface area contributed by atoms with Gasteiger partial charge in [-0.2, -0.15) is 0 Å². The lowest BCUT2D eigenvalue weighted by Crippen LogP contribution is -2.40. The molecule has 0 radical (unpaired) electrons. The molecule has 0 saturated carbocycles. The lowest BCUT2D eigenvalue weighted by Gasteiger charge is -2.23. The van der Waals surface area contributed by atoms with Crippen LogP contribution in [-0.2, 0) is 0 Å². The van der Waals surface area contributed by atoms with Gasteiger partial charge in [-0.25, -0.2) is 0 Å². The number of piperidine rings is 1. The highest BCUT2D eigenvalue weighted by atomic mass is 16.5. The molecule has 1 N–H and O–H groups in total. The van der Waals surface area contributed by atoms with Crippen LogP contribution >= 0.6 is 0 Å². The van der Waals surface area contributed by atoms with E-state index in [0.29, 0.717) is 11.3 Å². The fraction of sp³-hybridized carbons (Fsp3) is 0.533. The van der Waals surface area contributed by atoms with Gasteiger partial charge in [-0.1, -0.05) is 6.42 Å². The van der Waals surface area contributed by atoms with Crippen LogP contribution in [0.25, 0.3) is 0 Å². The molecule has 1 fully saturated rings. The number of ketones is 1. The number of ether oxygens (including phenoxy) is 2. The van der Waals surface area contributed by atoms with Crippen molar-refractivity contribution in [3.05, 3.63) is 23.3 Å². The van der Waals surface area contributed by atoms with Gasteiger partial charge in [0, 0.05) is 5.56 Å². The minimum Gasteiger partial charge on any atom is -0.496 e. The second-order valence-corrected chi connectivity index (χ2v) is 4.84. The number of nitrogens with one attached hydrogen (secondary N) is 1. The molecule has 1 aliphatic heterocycles. The summed E-state index contributed by atoms with van der Waals surface area (Å²) in [5.74, 6) is 1.48. The average molecular weight is 263 g/mol. The van der Waals surface area contributed by atoms with Crippen LogP contribution in [0.15, 0.2) is 12.1 Å². The van der Waals surface area contributed by atoms with Crippen molar-refractivity contribution in [3.8, 4) is 11.5 Å². The van der Waals surface area contributed by atoms with Crippen molar-refractivity contribution >= 4 is 5.78 Å². The van der Waals surface area contributed by atoms with Gasteiger partial charge < -0.3 is 14.8 Å². The Hall–Kier alpha value is -1.55. The van der Waals surface area contributed by atoms with Crippen molar-refractivity contribution in [1.82, 2.24) is 5.32 Å². The molecule has 19 heavy (non-hydrogen) atoms. The van der Waals surface area contributed by atoms with Crippen LogP contribution in [0.5, 0.6) is 11.5 Å². The molecule has 2 rings (SSSR count). The third-order valence-electron chi connectivity index (χ3n) is 3.67. The Morgan fingerprint density at radius 2 is 2.05 bits per heavy atom. The largest absolute Gasteiger partial charge is 0.496 e. The van der Waals surface area contributed by atoms with Crippen molar-refractivity contribution in [2.24, 2.45) is 0 Å². The first kappa shape index (κ1) is 13.9. The molecule has 1 aromatic carbocycles. The Labute approximate surface area is 114 Å². The number of hydrogen-bond donors (Lipinski definition) is 1. The second-order valence-electron chi connectivity index (χ2n) is 4.84. The molecule has 1 saturated heterocycles. The van der Waals surface area contributed by atoms with Gasteiger partial charge in [0.25, 0.3) is 0 Å². The molecule has 1 heterocycles. The molecule has 104 valence electrons. The zero-order valence-corrected chi connectivity index (χ0v) is 11.8. The third kappa shape index (κ3) is 2.73. The second kappa shape index (κ2) is 6.06. The van der Waals surface area contributed by atoms with Gasteiger partial charge in [0.1, 0.15) is 11.5 Å². The van der Waals surface area contributed by atoms with E-state index in [1.165, 1.54) is 0 Å². The maximum atomic E-state index is 12.5. The summed E-state index contributed by atoms with van der Waals surface area (Å²) in [4.78, 5) is 12.5. The number of rotatable bonds is 4. The lowest BCUT2D eigenvalue weighted by atomic mass is 9.94. The zero-order valence-electron chi connectivity index (χ0n) is 11.8. The third-order valence-corrected chi connectivity index (χ3v) is 3.67. The molecule has 4 nitrogen and oxygen atoms in total. The lowest BCUT2D eigenvalue weighted by molar-refractivity contribution is 0.0924. The maximum absolute atomic E-state index is 12.5. The minimum atomic E-state index is -0.0876. The summed E-state index contributed by atoms with van der Waals surface area (Å²) in [7, 11) is 3.21. The number of carbonyl (C=O) groups excluding carboxylic acids is 1. The van der Waals surface area contributed by atoms with Gasteiger partial charge in [0.15, 0.2) is 5.78 Å². The number of carbonyl (C=O) groups is 1. The van der Waals surface area contributed by atoms with Gasteiger partial charge in [-0.3, -0.25) is 4.79 Å². The standard InChI is InChI=1S/C15H21NO3/c1-10-13(18-2)8-7-11(15(10)19-3)14(17)12-6-4-5-9-16-12/h7-8,12,16H,4-6,9H2,1-3H3. The van der Waals surface area contributed by atoms with E-state index in [2.05, 4.69) is 5.32 Å². The Balaban J connectivity index is 2.33. The van der Waals surface area contributed by atoms with E-state index in [-0.39, 0.29) is 11.8 Å². The molecule has 0 aliphatic carbocycles. The molecular formula is C15H21NO3. The Kier molecular flexibility index (Phi) is 4.43. The van der Waals surface area contributed by atoms with Crippen LogP contribution in [0.1, 0.15) is 35.2 Å². The van der Waals surface area contributed by atoms with Crippen molar-refractivity contribution in [3.63, 3.8) is 0 Å². The summed E-state index contributed by atoms with van der Waals surface area (Å²) >= 11 is 0. The minimum absolute atomic E-state index is 0.0876. The summed E-state index contributed by atoms with van der Waals surface area (Å²) in [6.07, 6.45) is 3.14. The molecule has 0 aromatic heterocycles. The van der Waals surface area contributed by atoms with Gasteiger partial charge in [-0.05, 0) is 38.4 Å². The summed E-state index contributed by atoms with van der Waals surface area (Å²) in [6.45, 7) is 2.82. The number of hydrogen-bond acceptors (Lipinski definition) is 4. The molecule has 0 bridgehead atoms. The van der Waals surface area contributed by atoms with E-state index in [0.717, 1.165) is 37.1 Å². The van der Waals surface area contributed by atoms with Crippen LogP contribution in [0.2, 0.25) is 0 Å². The van der Waals surface area contributed by atoms with Crippen LogP contribution in [0.3, 0.4) is 0 Å². The topological polar surface area (TPSA) is 47.6 Å². The molecule has 4 heteroatoms. The summed E-state index contributed by atoms with van der Waals surface area (Å²) in [6, 6.07) is 3.53. The molecule has 0 spiro atoms. The molecule has 1 unspecified atom stereocenters. The summed E-state index contributed by atoms with van der Waals surface area (Å²) in [5, 5.41) is 3.28. The molecular weight excluding hydrogens is 242 g/mol. The van der Waals surface area contributed by atoms with E-state index in [9.17, 15) is 4.79 Å². The van der Waals surface area contributed by atoms with Crippen molar-refractivity contribution in [2.45, 2.75) is 32.2 Å². The van der Waals surface area contributed by atoms with Crippen LogP contribution in [0, 0.1) is 6.92 Å². The fourth-order valence-electron chi connectivity index (χ4n) is 2.62.